The molecular formula is C20H30N4O5S. The largest absolute Gasteiger partial charge is 0.480 e. The minimum atomic E-state index is -1.23. The summed E-state index contributed by atoms with van der Waals surface area (Å²) in [5, 5.41) is 16.5. The lowest BCUT2D eigenvalue weighted by Crippen LogP contribution is -2.55. The Morgan fingerprint density at radius 1 is 1.07 bits per heavy atom. The van der Waals surface area contributed by atoms with Crippen LogP contribution in [0.1, 0.15) is 25.8 Å². The molecule has 0 radical (unpaired) electrons. The van der Waals surface area contributed by atoms with Crippen molar-refractivity contribution in [2.45, 2.75) is 44.8 Å². The molecular weight excluding hydrogens is 408 g/mol. The van der Waals surface area contributed by atoms with E-state index in [4.69, 9.17) is 10.8 Å². The van der Waals surface area contributed by atoms with Gasteiger partial charge in [-0.1, -0.05) is 50.6 Å². The number of hydrogen-bond acceptors (Lipinski definition) is 6. The number of rotatable bonds is 12. The number of nitrogens with two attached hydrogens (primary N) is 1. The van der Waals surface area contributed by atoms with Crippen LogP contribution in [-0.2, 0) is 25.6 Å². The van der Waals surface area contributed by atoms with Crippen LogP contribution in [0.5, 0.6) is 0 Å². The second-order valence-electron chi connectivity index (χ2n) is 7.02. The Morgan fingerprint density at radius 3 is 2.23 bits per heavy atom. The number of carboxylic acids is 1. The van der Waals surface area contributed by atoms with Crippen molar-refractivity contribution in [1.82, 2.24) is 16.0 Å². The fraction of sp³-hybridized carbons (Fsp3) is 0.500. The van der Waals surface area contributed by atoms with Crippen LogP contribution in [0.2, 0.25) is 0 Å². The van der Waals surface area contributed by atoms with Crippen LogP contribution in [0.3, 0.4) is 0 Å². The first-order valence-corrected chi connectivity index (χ1v) is 10.3. The van der Waals surface area contributed by atoms with Crippen LogP contribution in [0.25, 0.3) is 0 Å². The third-order valence-corrected chi connectivity index (χ3v) is 5.08. The zero-order valence-electron chi connectivity index (χ0n) is 17.1. The smallest absolute Gasteiger partial charge is 0.327 e. The maximum Gasteiger partial charge on any atom is 0.327 e. The summed E-state index contributed by atoms with van der Waals surface area (Å²) in [5.74, 6) is -3.07. The Morgan fingerprint density at radius 2 is 1.70 bits per heavy atom. The zero-order valence-corrected chi connectivity index (χ0v) is 18.0. The molecule has 0 aliphatic carbocycles. The number of carbonyl (C=O) groups is 4. The van der Waals surface area contributed by atoms with Gasteiger partial charge in [0.15, 0.2) is 0 Å². The van der Waals surface area contributed by atoms with Crippen molar-refractivity contribution in [3.63, 3.8) is 0 Å². The van der Waals surface area contributed by atoms with E-state index in [1.54, 1.807) is 24.3 Å². The van der Waals surface area contributed by atoms with E-state index < -0.39 is 41.8 Å². The highest BCUT2D eigenvalue weighted by Crippen LogP contribution is 2.06. The molecule has 0 aliphatic heterocycles. The molecule has 30 heavy (non-hydrogen) atoms. The van der Waals surface area contributed by atoms with Gasteiger partial charge in [-0.25, -0.2) is 4.79 Å². The highest BCUT2D eigenvalue weighted by atomic mass is 32.1. The lowest BCUT2D eigenvalue weighted by Gasteiger charge is -2.22. The van der Waals surface area contributed by atoms with Crippen LogP contribution in [-0.4, -0.2) is 59.2 Å². The molecule has 0 fully saturated rings. The highest BCUT2D eigenvalue weighted by molar-refractivity contribution is 7.80. The molecule has 0 spiro atoms. The average Bonchev–Trinajstić information content (AvgIpc) is 2.74. The van der Waals surface area contributed by atoms with Crippen LogP contribution < -0.4 is 21.7 Å². The molecule has 0 bridgehead atoms. The predicted octanol–water partition coefficient (Wildman–Crippen LogP) is -0.297. The minimum absolute atomic E-state index is 0.0427. The number of aliphatic carboxylic acids is 1. The van der Waals surface area contributed by atoms with Crippen molar-refractivity contribution in [2.24, 2.45) is 11.7 Å². The number of nitrogens with one attached hydrogen (secondary N) is 3. The summed E-state index contributed by atoms with van der Waals surface area (Å²) in [7, 11) is 0. The normalized spacial score (nSPS) is 14.7. The van der Waals surface area contributed by atoms with Crippen molar-refractivity contribution in [3.05, 3.63) is 35.9 Å². The van der Waals surface area contributed by atoms with Gasteiger partial charge in [0.2, 0.25) is 17.7 Å². The molecule has 0 heterocycles. The number of hydrogen-bond donors (Lipinski definition) is 6. The van der Waals surface area contributed by atoms with Gasteiger partial charge in [0.25, 0.3) is 0 Å². The van der Waals surface area contributed by atoms with Crippen LogP contribution in [0.4, 0.5) is 0 Å². The molecule has 0 saturated heterocycles. The number of thiol groups is 1. The third kappa shape index (κ3) is 8.42. The van der Waals surface area contributed by atoms with E-state index in [0.717, 1.165) is 12.0 Å². The zero-order chi connectivity index (χ0) is 22.7. The fourth-order valence-corrected chi connectivity index (χ4v) is 2.81. The standard InChI is InChI=1S/C20H30N4O5S/c1-3-12(2)17(21)19(27)22-10-16(25)23-14(9-13-7-5-4-6-8-13)18(26)24-15(11-30)20(28)29/h4-8,12,14-15,17,30H,3,9-11,21H2,1-2H3,(H,22,27)(H,23,25)(H,24,26)(H,28,29). The van der Waals surface area contributed by atoms with Gasteiger partial charge in [-0.15, -0.1) is 0 Å². The molecule has 9 nitrogen and oxygen atoms in total. The van der Waals surface area contributed by atoms with Crippen molar-refractivity contribution >= 4 is 36.3 Å². The van der Waals surface area contributed by atoms with E-state index >= 15 is 0 Å². The van der Waals surface area contributed by atoms with E-state index in [-0.39, 0.29) is 24.6 Å². The van der Waals surface area contributed by atoms with Crippen molar-refractivity contribution in [3.8, 4) is 0 Å². The quantitative estimate of drug-likeness (QED) is 0.247. The van der Waals surface area contributed by atoms with Gasteiger partial charge in [-0.2, -0.15) is 12.6 Å². The Balaban J connectivity index is 2.79. The summed E-state index contributed by atoms with van der Waals surface area (Å²) in [5.41, 5.74) is 6.61. The first-order valence-electron chi connectivity index (χ1n) is 9.70. The number of amides is 3. The summed E-state index contributed by atoms with van der Waals surface area (Å²) in [6, 6.07) is 6.00. The van der Waals surface area contributed by atoms with Gasteiger partial charge >= 0.3 is 5.97 Å². The second kappa shape index (κ2) is 12.9. The average molecular weight is 439 g/mol. The molecule has 1 rings (SSSR count). The summed E-state index contributed by atoms with van der Waals surface area (Å²) in [4.78, 5) is 48.2. The molecule has 0 aliphatic rings. The monoisotopic (exact) mass is 438 g/mol. The molecule has 6 N–H and O–H groups in total. The minimum Gasteiger partial charge on any atom is -0.480 e. The Bertz CT molecular complexity index is 731. The van der Waals surface area contributed by atoms with Crippen LogP contribution in [0, 0.1) is 5.92 Å². The molecule has 4 unspecified atom stereocenters. The first kappa shape index (κ1) is 25.4. The summed E-state index contributed by atoms with van der Waals surface area (Å²) in [6.07, 6.45) is 0.869. The molecule has 10 heteroatoms. The Kier molecular flexibility index (Phi) is 10.9. The van der Waals surface area contributed by atoms with Gasteiger partial charge in [0, 0.05) is 12.2 Å². The van der Waals surface area contributed by atoms with Crippen LogP contribution in [0.15, 0.2) is 30.3 Å². The van der Waals surface area contributed by atoms with E-state index in [0.29, 0.717) is 0 Å². The molecule has 0 aromatic heterocycles. The predicted molar refractivity (Wildman–Crippen MR) is 116 cm³/mol. The van der Waals surface area contributed by atoms with E-state index in [9.17, 15) is 19.2 Å². The maximum atomic E-state index is 12.6. The number of carboxylic acid groups (broad SMARTS) is 1. The van der Waals surface area contributed by atoms with Gasteiger partial charge in [-0.3, -0.25) is 14.4 Å². The summed E-state index contributed by atoms with van der Waals surface area (Å²) < 4.78 is 0. The third-order valence-electron chi connectivity index (χ3n) is 4.71. The van der Waals surface area contributed by atoms with Gasteiger partial charge in [0.1, 0.15) is 12.1 Å². The van der Waals surface area contributed by atoms with E-state index in [1.807, 2.05) is 19.9 Å². The molecule has 1 aromatic rings. The Labute approximate surface area is 181 Å². The summed E-state index contributed by atoms with van der Waals surface area (Å²) >= 11 is 3.92. The second-order valence-corrected chi connectivity index (χ2v) is 7.39. The SMILES string of the molecule is CCC(C)C(N)C(=O)NCC(=O)NC(Cc1ccccc1)C(=O)NC(CS)C(=O)O. The molecule has 1 aromatic carbocycles. The van der Waals surface area contributed by atoms with Crippen LogP contribution >= 0.6 is 12.6 Å². The maximum absolute atomic E-state index is 12.6. The topological polar surface area (TPSA) is 151 Å². The Hall–Kier alpha value is -2.59. The molecule has 166 valence electrons. The molecule has 3 amide bonds. The first-order chi connectivity index (χ1) is 14.2. The van der Waals surface area contributed by atoms with Crippen molar-refractivity contribution in [2.75, 3.05) is 12.3 Å². The molecule has 4 atom stereocenters. The molecule has 0 saturated carbocycles. The lowest BCUT2D eigenvalue weighted by molar-refractivity contribution is -0.141. The number of carbonyl (C=O) groups excluding carboxylic acids is 3. The number of benzene rings is 1. The van der Waals surface area contributed by atoms with Gasteiger partial charge in [0.05, 0.1) is 12.6 Å². The van der Waals surface area contributed by atoms with Gasteiger partial charge in [-0.05, 0) is 11.5 Å². The van der Waals surface area contributed by atoms with E-state index in [1.165, 1.54) is 0 Å². The highest BCUT2D eigenvalue weighted by Gasteiger charge is 2.26. The van der Waals surface area contributed by atoms with Gasteiger partial charge < -0.3 is 26.8 Å². The van der Waals surface area contributed by atoms with Crippen molar-refractivity contribution < 1.29 is 24.3 Å². The summed E-state index contributed by atoms with van der Waals surface area (Å²) in [6.45, 7) is 3.40. The fourth-order valence-electron chi connectivity index (χ4n) is 2.56. The van der Waals surface area contributed by atoms with Crippen molar-refractivity contribution in [1.29, 1.82) is 0 Å². The lowest BCUT2D eigenvalue weighted by atomic mass is 9.99. The van der Waals surface area contributed by atoms with E-state index in [2.05, 4.69) is 28.6 Å².